The van der Waals surface area contributed by atoms with Gasteiger partial charge < -0.3 is 14.7 Å². The standard InChI is InChI=1S/C23H24ClN5O/c24-19-9-3-4-10-20(19)27-13-15-28(16-14-27)22-18-8-2-1-7-17(18)21(25-26-22)23(30)29-11-5-6-12-29/h1-4,7-10H,5-6,11-16H2. The summed E-state index contributed by atoms with van der Waals surface area (Å²) in [5, 5.41) is 11.6. The number of hydrogen-bond acceptors (Lipinski definition) is 5. The molecule has 1 aromatic heterocycles. The molecule has 0 N–H and O–H groups in total. The van der Waals surface area contributed by atoms with Crippen molar-refractivity contribution in [2.45, 2.75) is 12.8 Å². The number of piperazine rings is 1. The van der Waals surface area contributed by atoms with Gasteiger partial charge in [-0.25, -0.2) is 0 Å². The molecule has 2 aliphatic heterocycles. The van der Waals surface area contributed by atoms with E-state index < -0.39 is 0 Å². The molecule has 3 aromatic rings. The molecule has 3 heterocycles. The molecular formula is C23H24ClN5O. The number of hydrogen-bond donors (Lipinski definition) is 0. The molecule has 0 radical (unpaired) electrons. The van der Waals surface area contributed by atoms with E-state index >= 15 is 0 Å². The molecule has 0 bridgehead atoms. The average Bonchev–Trinajstić information content (AvgIpc) is 3.34. The lowest BCUT2D eigenvalue weighted by Gasteiger charge is -2.37. The molecule has 0 unspecified atom stereocenters. The monoisotopic (exact) mass is 421 g/mol. The summed E-state index contributed by atoms with van der Waals surface area (Å²) < 4.78 is 0. The number of likely N-dealkylation sites (tertiary alicyclic amines) is 1. The Balaban J connectivity index is 1.41. The Morgan fingerprint density at radius 3 is 2.13 bits per heavy atom. The van der Waals surface area contributed by atoms with Crippen molar-refractivity contribution >= 4 is 39.8 Å². The van der Waals surface area contributed by atoms with Crippen LogP contribution in [0.2, 0.25) is 5.02 Å². The van der Waals surface area contributed by atoms with Crippen LogP contribution in [0.5, 0.6) is 0 Å². The van der Waals surface area contributed by atoms with Crippen LogP contribution in [0.15, 0.2) is 48.5 Å². The van der Waals surface area contributed by atoms with E-state index in [2.05, 4.69) is 26.1 Å². The Labute approximate surface area is 181 Å². The van der Waals surface area contributed by atoms with Crippen molar-refractivity contribution in [1.29, 1.82) is 0 Å². The molecule has 6 nitrogen and oxygen atoms in total. The number of rotatable bonds is 3. The molecule has 30 heavy (non-hydrogen) atoms. The molecule has 5 rings (SSSR count). The van der Waals surface area contributed by atoms with Gasteiger partial charge in [0, 0.05) is 50.0 Å². The highest BCUT2D eigenvalue weighted by molar-refractivity contribution is 6.33. The zero-order valence-corrected chi connectivity index (χ0v) is 17.6. The van der Waals surface area contributed by atoms with Gasteiger partial charge in [-0.15, -0.1) is 10.2 Å². The lowest BCUT2D eigenvalue weighted by atomic mass is 10.1. The van der Waals surface area contributed by atoms with Crippen LogP contribution in [0, 0.1) is 0 Å². The highest BCUT2D eigenvalue weighted by Crippen LogP contribution is 2.30. The van der Waals surface area contributed by atoms with E-state index in [-0.39, 0.29) is 5.91 Å². The first-order valence-electron chi connectivity index (χ1n) is 10.5. The summed E-state index contributed by atoms with van der Waals surface area (Å²) in [6.07, 6.45) is 2.12. The second kappa shape index (κ2) is 8.11. The van der Waals surface area contributed by atoms with Gasteiger partial charge in [-0.3, -0.25) is 4.79 Å². The van der Waals surface area contributed by atoms with Gasteiger partial charge in [-0.1, -0.05) is 48.0 Å². The quantitative estimate of drug-likeness (QED) is 0.643. The predicted molar refractivity (Wildman–Crippen MR) is 121 cm³/mol. The van der Waals surface area contributed by atoms with Crippen LogP contribution in [-0.2, 0) is 0 Å². The minimum atomic E-state index is -0.00807. The topological polar surface area (TPSA) is 52.6 Å². The number of carbonyl (C=O) groups excluding carboxylic acids is 1. The fraction of sp³-hybridized carbons (Fsp3) is 0.348. The molecule has 0 atom stereocenters. The van der Waals surface area contributed by atoms with E-state index in [4.69, 9.17) is 11.6 Å². The Morgan fingerprint density at radius 1 is 0.767 bits per heavy atom. The number of fused-ring (bicyclic) bond motifs is 1. The summed E-state index contributed by atoms with van der Waals surface area (Å²) in [5.74, 6) is 0.841. The summed E-state index contributed by atoms with van der Waals surface area (Å²) in [5.41, 5.74) is 1.53. The summed E-state index contributed by atoms with van der Waals surface area (Å²) in [6.45, 7) is 4.97. The third kappa shape index (κ3) is 3.45. The Morgan fingerprint density at radius 2 is 1.40 bits per heavy atom. The first kappa shape index (κ1) is 19.1. The van der Waals surface area contributed by atoms with Crippen molar-refractivity contribution in [2.24, 2.45) is 0 Å². The Bertz CT molecular complexity index is 1070. The highest BCUT2D eigenvalue weighted by Gasteiger charge is 2.26. The van der Waals surface area contributed by atoms with E-state index in [0.29, 0.717) is 5.69 Å². The molecule has 2 aromatic carbocycles. The van der Waals surface area contributed by atoms with Crippen molar-refractivity contribution < 1.29 is 4.79 Å². The van der Waals surface area contributed by atoms with Crippen LogP contribution in [0.25, 0.3) is 10.8 Å². The molecule has 2 saturated heterocycles. The van der Waals surface area contributed by atoms with Crippen LogP contribution in [0.3, 0.4) is 0 Å². The normalized spacial score (nSPS) is 17.0. The summed E-state index contributed by atoms with van der Waals surface area (Å²) in [4.78, 5) is 19.4. The third-order valence-corrected chi connectivity index (χ3v) is 6.36. The van der Waals surface area contributed by atoms with Gasteiger partial charge in [0.15, 0.2) is 11.5 Å². The molecule has 0 saturated carbocycles. The van der Waals surface area contributed by atoms with Gasteiger partial charge in [0.25, 0.3) is 5.91 Å². The van der Waals surface area contributed by atoms with Crippen LogP contribution < -0.4 is 9.80 Å². The van der Waals surface area contributed by atoms with Gasteiger partial charge in [-0.2, -0.15) is 0 Å². The van der Waals surface area contributed by atoms with E-state index in [0.717, 1.165) is 79.4 Å². The maximum Gasteiger partial charge on any atom is 0.275 e. The maximum atomic E-state index is 13.0. The van der Waals surface area contributed by atoms with Crippen molar-refractivity contribution in [3.8, 4) is 0 Å². The van der Waals surface area contributed by atoms with Crippen molar-refractivity contribution in [1.82, 2.24) is 15.1 Å². The zero-order valence-electron chi connectivity index (χ0n) is 16.8. The number of para-hydroxylation sites is 1. The van der Waals surface area contributed by atoms with Crippen LogP contribution in [-0.4, -0.2) is 60.3 Å². The summed E-state index contributed by atoms with van der Waals surface area (Å²) in [7, 11) is 0. The van der Waals surface area contributed by atoms with E-state index in [1.165, 1.54) is 0 Å². The van der Waals surface area contributed by atoms with Gasteiger partial charge in [0.1, 0.15) is 0 Å². The first-order valence-corrected chi connectivity index (χ1v) is 10.9. The van der Waals surface area contributed by atoms with Crippen molar-refractivity contribution in [2.75, 3.05) is 49.1 Å². The van der Waals surface area contributed by atoms with Crippen LogP contribution >= 0.6 is 11.6 Å². The van der Waals surface area contributed by atoms with Gasteiger partial charge in [0.2, 0.25) is 0 Å². The minimum absolute atomic E-state index is 0.00807. The van der Waals surface area contributed by atoms with E-state index in [1.54, 1.807) is 0 Å². The number of nitrogens with zero attached hydrogens (tertiary/aromatic N) is 5. The largest absolute Gasteiger partial charge is 0.367 e. The Hall–Kier alpha value is -2.86. The third-order valence-electron chi connectivity index (χ3n) is 6.04. The molecule has 2 fully saturated rings. The first-order chi connectivity index (χ1) is 14.7. The molecular weight excluding hydrogens is 398 g/mol. The Kier molecular flexibility index (Phi) is 5.17. The summed E-state index contributed by atoms with van der Waals surface area (Å²) >= 11 is 6.38. The molecule has 2 aliphatic rings. The van der Waals surface area contributed by atoms with Crippen molar-refractivity contribution in [3.05, 3.63) is 59.2 Å². The van der Waals surface area contributed by atoms with Crippen LogP contribution in [0.4, 0.5) is 11.5 Å². The molecule has 7 heteroatoms. The van der Waals surface area contributed by atoms with E-state index in [1.807, 2.05) is 47.4 Å². The second-order valence-electron chi connectivity index (χ2n) is 7.84. The van der Waals surface area contributed by atoms with Gasteiger partial charge in [0.05, 0.1) is 10.7 Å². The predicted octanol–water partition coefficient (Wildman–Crippen LogP) is 3.85. The number of aromatic nitrogens is 2. The van der Waals surface area contributed by atoms with Gasteiger partial charge >= 0.3 is 0 Å². The number of halogens is 1. The SMILES string of the molecule is O=C(c1nnc(N2CCN(c3ccccc3Cl)CC2)c2ccccc12)N1CCCC1. The number of anilines is 2. The lowest BCUT2D eigenvalue weighted by molar-refractivity contribution is 0.0788. The number of carbonyl (C=O) groups is 1. The summed E-state index contributed by atoms with van der Waals surface area (Å²) in [6, 6.07) is 15.9. The average molecular weight is 422 g/mol. The zero-order chi connectivity index (χ0) is 20.5. The second-order valence-corrected chi connectivity index (χ2v) is 8.25. The lowest BCUT2D eigenvalue weighted by Crippen LogP contribution is -2.47. The van der Waals surface area contributed by atoms with E-state index in [9.17, 15) is 4.79 Å². The number of benzene rings is 2. The molecule has 1 amide bonds. The molecule has 154 valence electrons. The maximum absolute atomic E-state index is 13.0. The molecule has 0 spiro atoms. The van der Waals surface area contributed by atoms with Crippen molar-refractivity contribution in [3.63, 3.8) is 0 Å². The van der Waals surface area contributed by atoms with Gasteiger partial charge in [-0.05, 0) is 25.0 Å². The fourth-order valence-corrected chi connectivity index (χ4v) is 4.67. The fourth-order valence-electron chi connectivity index (χ4n) is 4.42. The molecule has 0 aliphatic carbocycles. The van der Waals surface area contributed by atoms with Crippen LogP contribution in [0.1, 0.15) is 23.3 Å². The number of amides is 1. The smallest absolute Gasteiger partial charge is 0.275 e. The minimum Gasteiger partial charge on any atom is -0.367 e. The highest BCUT2D eigenvalue weighted by atomic mass is 35.5.